The van der Waals surface area contributed by atoms with E-state index in [0.717, 1.165) is 115 Å². The minimum absolute atomic E-state index is 0.0107. The molecule has 0 spiro atoms. The molecular formula is C50H97NO5. The second-order valence-corrected chi connectivity index (χ2v) is 18.0. The Balaban J connectivity index is 2.48. The summed E-state index contributed by atoms with van der Waals surface area (Å²) in [5, 5.41) is 10.00. The van der Waals surface area contributed by atoms with Crippen molar-refractivity contribution in [1.82, 2.24) is 4.90 Å². The van der Waals surface area contributed by atoms with E-state index in [2.05, 4.69) is 32.6 Å². The first-order chi connectivity index (χ1) is 27.4. The number of hydrogen-bond acceptors (Lipinski definition) is 6. The van der Waals surface area contributed by atoms with Crippen LogP contribution in [0.2, 0.25) is 0 Å². The van der Waals surface area contributed by atoms with Crippen molar-refractivity contribution in [2.45, 2.75) is 284 Å². The second-order valence-electron chi connectivity index (χ2n) is 18.0. The molecule has 0 saturated heterocycles. The molecule has 332 valence electrons. The molecule has 1 aliphatic carbocycles. The Hall–Kier alpha value is -1.14. The zero-order chi connectivity index (χ0) is 40.7. The van der Waals surface area contributed by atoms with E-state index in [1.54, 1.807) is 0 Å². The highest BCUT2D eigenvalue weighted by molar-refractivity contribution is 5.69. The molecule has 1 N–H and O–H groups in total. The third-order valence-electron chi connectivity index (χ3n) is 12.5. The summed E-state index contributed by atoms with van der Waals surface area (Å²) in [6, 6.07) is 0. The molecule has 1 aliphatic rings. The molecule has 0 bridgehead atoms. The molecule has 0 heterocycles. The molecule has 0 aromatic heterocycles. The minimum atomic E-state index is -0.0977. The summed E-state index contributed by atoms with van der Waals surface area (Å²) < 4.78 is 12.1. The second kappa shape index (κ2) is 39.3. The van der Waals surface area contributed by atoms with Gasteiger partial charge in [-0.3, -0.25) is 9.59 Å². The van der Waals surface area contributed by atoms with Crippen LogP contribution in [0.5, 0.6) is 0 Å². The average Bonchev–Trinajstić information content (AvgIpc) is 3.19. The summed E-state index contributed by atoms with van der Waals surface area (Å²) in [5.41, 5.74) is 0. The lowest BCUT2D eigenvalue weighted by atomic mass is 9.85. The fourth-order valence-electron chi connectivity index (χ4n) is 8.61. The van der Waals surface area contributed by atoms with Crippen LogP contribution < -0.4 is 0 Å². The number of carbonyl (C=O) groups excluding carboxylic acids is 2. The van der Waals surface area contributed by atoms with Crippen LogP contribution in [0, 0.1) is 5.92 Å². The van der Waals surface area contributed by atoms with Gasteiger partial charge in [0.25, 0.3) is 0 Å². The Labute approximate surface area is 349 Å². The maximum absolute atomic E-state index is 12.9. The number of aliphatic hydroxyl groups is 1. The molecule has 0 aromatic rings. The SMILES string of the molecule is CCCCCCCCC(CCCCCC)OC(=O)CCCCCN(CCCCCC(=O)OC(CCCCCC)CCCCCCCC)CCC1CCC(O)CC1. The van der Waals surface area contributed by atoms with Crippen LogP contribution in [0.25, 0.3) is 0 Å². The molecule has 56 heavy (non-hydrogen) atoms. The van der Waals surface area contributed by atoms with Crippen molar-refractivity contribution in [1.29, 1.82) is 0 Å². The summed E-state index contributed by atoms with van der Waals surface area (Å²) in [6.45, 7) is 12.3. The summed E-state index contributed by atoms with van der Waals surface area (Å²) in [6.07, 6.45) is 42.0. The Morgan fingerprint density at radius 3 is 1.20 bits per heavy atom. The number of nitrogens with zero attached hydrogens (tertiary/aromatic N) is 1. The molecule has 1 rings (SSSR count). The van der Waals surface area contributed by atoms with Crippen LogP contribution in [0.1, 0.15) is 265 Å². The number of aliphatic hydroxyl groups excluding tert-OH is 1. The monoisotopic (exact) mass is 792 g/mol. The fourth-order valence-corrected chi connectivity index (χ4v) is 8.61. The van der Waals surface area contributed by atoms with E-state index >= 15 is 0 Å². The van der Waals surface area contributed by atoms with Gasteiger partial charge in [0.1, 0.15) is 12.2 Å². The zero-order valence-corrected chi connectivity index (χ0v) is 38.1. The van der Waals surface area contributed by atoms with Crippen molar-refractivity contribution >= 4 is 11.9 Å². The number of carbonyl (C=O) groups is 2. The van der Waals surface area contributed by atoms with Crippen LogP contribution in [0.3, 0.4) is 0 Å². The minimum Gasteiger partial charge on any atom is -0.462 e. The van der Waals surface area contributed by atoms with Crippen LogP contribution >= 0.6 is 0 Å². The predicted molar refractivity (Wildman–Crippen MR) is 239 cm³/mol. The van der Waals surface area contributed by atoms with Crippen LogP contribution in [-0.2, 0) is 19.1 Å². The highest BCUT2D eigenvalue weighted by Gasteiger charge is 2.20. The Bertz CT molecular complexity index is 802. The van der Waals surface area contributed by atoms with E-state index in [-0.39, 0.29) is 30.3 Å². The van der Waals surface area contributed by atoms with E-state index < -0.39 is 0 Å². The van der Waals surface area contributed by atoms with Crippen LogP contribution in [-0.4, -0.2) is 59.9 Å². The molecule has 6 heteroatoms. The van der Waals surface area contributed by atoms with E-state index in [0.29, 0.717) is 12.8 Å². The molecule has 2 atom stereocenters. The van der Waals surface area contributed by atoms with Gasteiger partial charge in [-0.05, 0) is 135 Å². The lowest BCUT2D eigenvalue weighted by Gasteiger charge is -2.29. The van der Waals surface area contributed by atoms with Crippen LogP contribution in [0.15, 0.2) is 0 Å². The van der Waals surface area contributed by atoms with Gasteiger partial charge in [-0.25, -0.2) is 0 Å². The molecule has 0 radical (unpaired) electrons. The normalized spacial score (nSPS) is 17.0. The van der Waals surface area contributed by atoms with Gasteiger partial charge in [-0.1, -0.05) is 143 Å². The van der Waals surface area contributed by atoms with E-state index in [4.69, 9.17) is 9.47 Å². The smallest absolute Gasteiger partial charge is 0.306 e. The summed E-state index contributed by atoms with van der Waals surface area (Å²) in [7, 11) is 0. The lowest BCUT2D eigenvalue weighted by molar-refractivity contribution is -0.151. The topological polar surface area (TPSA) is 76.1 Å². The van der Waals surface area contributed by atoms with Crippen molar-refractivity contribution < 1.29 is 24.2 Å². The standard InChI is InChI=1S/C50H97NO5/c1-5-9-13-17-19-25-33-47(31-23-15-11-7-3)55-49(53)35-27-21-29-42-51(44-41-45-37-39-46(52)40-38-45)43-30-22-28-36-50(54)56-48(32-24-16-12-8-4)34-26-20-18-14-10-6-2/h45-48,52H,5-44H2,1-4H3. The quantitative estimate of drug-likeness (QED) is 0.0491. The third kappa shape index (κ3) is 32.8. The van der Waals surface area contributed by atoms with Gasteiger partial charge >= 0.3 is 11.9 Å². The van der Waals surface area contributed by atoms with Crippen molar-refractivity contribution in [3.05, 3.63) is 0 Å². The van der Waals surface area contributed by atoms with Crippen molar-refractivity contribution in [2.75, 3.05) is 19.6 Å². The van der Waals surface area contributed by atoms with Gasteiger partial charge in [0.15, 0.2) is 0 Å². The van der Waals surface area contributed by atoms with Crippen LogP contribution in [0.4, 0.5) is 0 Å². The summed E-state index contributed by atoms with van der Waals surface area (Å²) in [5.74, 6) is 0.746. The molecule has 1 saturated carbocycles. The van der Waals surface area contributed by atoms with Gasteiger partial charge in [0.2, 0.25) is 0 Å². The largest absolute Gasteiger partial charge is 0.462 e. The Morgan fingerprint density at radius 2 is 0.804 bits per heavy atom. The summed E-state index contributed by atoms with van der Waals surface area (Å²) >= 11 is 0. The Morgan fingerprint density at radius 1 is 0.464 bits per heavy atom. The maximum atomic E-state index is 12.9. The number of hydrogen-bond donors (Lipinski definition) is 1. The van der Waals surface area contributed by atoms with Gasteiger partial charge < -0.3 is 19.5 Å². The third-order valence-corrected chi connectivity index (χ3v) is 12.5. The Kier molecular flexibility index (Phi) is 37.1. The first-order valence-corrected chi connectivity index (χ1v) is 25.2. The molecular weight excluding hydrogens is 695 g/mol. The summed E-state index contributed by atoms with van der Waals surface area (Å²) in [4.78, 5) is 28.4. The molecule has 6 nitrogen and oxygen atoms in total. The number of rotatable bonds is 41. The van der Waals surface area contributed by atoms with E-state index in [9.17, 15) is 14.7 Å². The average molecular weight is 792 g/mol. The molecule has 2 unspecified atom stereocenters. The first-order valence-electron chi connectivity index (χ1n) is 25.2. The number of unbranched alkanes of at least 4 members (excludes halogenated alkanes) is 20. The molecule has 0 aliphatic heterocycles. The van der Waals surface area contributed by atoms with Gasteiger partial charge in [-0.2, -0.15) is 0 Å². The van der Waals surface area contributed by atoms with E-state index in [1.165, 1.54) is 135 Å². The molecule has 0 amide bonds. The molecule has 1 fully saturated rings. The maximum Gasteiger partial charge on any atom is 0.306 e. The van der Waals surface area contributed by atoms with Crippen molar-refractivity contribution in [2.24, 2.45) is 5.92 Å². The van der Waals surface area contributed by atoms with Crippen molar-refractivity contribution in [3.8, 4) is 0 Å². The van der Waals surface area contributed by atoms with E-state index in [1.807, 2.05) is 0 Å². The first kappa shape index (κ1) is 52.9. The highest BCUT2D eigenvalue weighted by atomic mass is 16.5. The number of ether oxygens (including phenoxy) is 2. The fraction of sp³-hybridized carbons (Fsp3) is 0.960. The number of esters is 2. The van der Waals surface area contributed by atoms with Gasteiger partial charge in [0, 0.05) is 12.8 Å². The van der Waals surface area contributed by atoms with Crippen molar-refractivity contribution in [3.63, 3.8) is 0 Å². The lowest BCUT2D eigenvalue weighted by Crippen LogP contribution is -2.30. The highest BCUT2D eigenvalue weighted by Crippen LogP contribution is 2.27. The predicted octanol–water partition coefficient (Wildman–Crippen LogP) is 14.6. The molecule has 0 aromatic carbocycles. The van der Waals surface area contributed by atoms with Gasteiger partial charge in [-0.15, -0.1) is 0 Å². The zero-order valence-electron chi connectivity index (χ0n) is 38.1. The van der Waals surface area contributed by atoms with Gasteiger partial charge in [0.05, 0.1) is 6.10 Å².